The van der Waals surface area contributed by atoms with Crippen molar-refractivity contribution in [2.24, 2.45) is 0 Å². The largest absolute Gasteiger partial charge is 0.490 e. The summed E-state index contributed by atoms with van der Waals surface area (Å²) >= 11 is 19.7. The van der Waals surface area contributed by atoms with Crippen molar-refractivity contribution in [3.05, 3.63) is 28.7 Å². The molecule has 1 N–H and O–H groups in total. The molecule has 0 heterocycles. The van der Waals surface area contributed by atoms with Crippen LogP contribution in [-0.2, 0) is 0 Å². The minimum absolute atomic E-state index is 0.0842. The van der Waals surface area contributed by atoms with E-state index in [0.29, 0.717) is 5.75 Å². The van der Waals surface area contributed by atoms with Crippen LogP contribution in [0.25, 0.3) is 0 Å². The average molecular weight is 334 g/mol. The van der Waals surface area contributed by atoms with Crippen LogP contribution in [-0.4, -0.2) is 21.6 Å². The molecule has 0 amide bonds. The van der Waals surface area contributed by atoms with E-state index in [1.54, 1.807) is 6.07 Å². The molecule has 1 atom stereocenters. The number of para-hydroxylation sites is 1. The maximum atomic E-state index is 9.40. The lowest BCUT2D eigenvalue weighted by molar-refractivity contribution is 0.110. The molecule has 1 aromatic carbocycles. The molecular weight excluding hydrogens is 326 g/mol. The third-order valence-electron chi connectivity index (χ3n) is 1.61. The van der Waals surface area contributed by atoms with E-state index in [9.17, 15) is 5.11 Å². The lowest BCUT2D eigenvalue weighted by Gasteiger charge is -2.19. The number of halogens is 4. The molecule has 1 rings (SSSR count). The maximum Gasteiger partial charge on any atom is 0.219 e. The summed E-state index contributed by atoms with van der Waals surface area (Å²) < 4.78 is 4.32. The highest BCUT2D eigenvalue weighted by atomic mass is 79.9. The number of hydrogen-bond acceptors (Lipinski definition) is 2. The zero-order valence-electron chi connectivity index (χ0n) is 7.46. The number of aliphatic hydroxyl groups is 1. The molecule has 0 aliphatic heterocycles. The minimum Gasteiger partial charge on any atom is -0.490 e. The summed E-state index contributed by atoms with van der Waals surface area (Å²) in [6, 6.07) is 7.22. The fourth-order valence-corrected chi connectivity index (χ4v) is 1.41. The van der Waals surface area contributed by atoms with Crippen LogP contribution >= 0.6 is 50.7 Å². The van der Waals surface area contributed by atoms with E-state index in [1.807, 2.05) is 18.2 Å². The molecule has 0 aliphatic carbocycles. The molecule has 6 heteroatoms. The second-order valence-electron chi connectivity index (χ2n) is 2.80. The lowest BCUT2D eigenvalue weighted by atomic mass is 10.3. The molecule has 0 aliphatic rings. The summed E-state index contributed by atoms with van der Waals surface area (Å²) in [6.45, 7) is -0.0842. The van der Waals surface area contributed by atoms with Gasteiger partial charge in [0.05, 0.1) is 4.47 Å². The lowest BCUT2D eigenvalue weighted by Crippen LogP contribution is -2.31. The normalized spacial score (nSPS) is 13.7. The van der Waals surface area contributed by atoms with E-state index in [1.165, 1.54) is 0 Å². The molecule has 0 bridgehead atoms. The van der Waals surface area contributed by atoms with Crippen molar-refractivity contribution in [2.45, 2.75) is 9.90 Å². The third kappa shape index (κ3) is 4.37. The molecule has 0 saturated heterocycles. The molecule has 2 nitrogen and oxygen atoms in total. The van der Waals surface area contributed by atoms with Gasteiger partial charge < -0.3 is 9.84 Å². The van der Waals surface area contributed by atoms with Gasteiger partial charge in [0.15, 0.2) is 0 Å². The number of benzene rings is 1. The monoisotopic (exact) mass is 332 g/mol. The van der Waals surface area contributed by atoms with Gasteiger partial charge in [0, 0.05) is 0 Å². The van der Waals surface area contributed by atoms with Crippen LogP contribution in [0.5, 0.6) is 5.75 Å². The predicted molar refractivity (Wildman–Crippen MR) is 65.9 cm³/mol. The fraction of sp³-hybridized carbons (Fsp3) is 0.333. The molecule has 84 valence electrons. The molecule has 0 fully saturated rings. The van der Waals surface area contributed by atoms with Gasteiger partial charge in [0.1, 0.15) is 18.5 Å². The minimum atomic E-state index is -1.73. The van der Waals surface area contributed by atoms with Gasteiger partial charge in [0.2, 0.25) is 3.79 Å². The van der Waals surface area contributed by atoms with Crippen LogP contribution in [0, 0.1) is 0 Å². The van der Waals surface area contributed by atoms with Crippen molar-refractivity contribution >= 4 is 50.7 Å². The van der Waals surface area contributed by atoms with Gasteiger partial charge in [-0.3, -0.25) is 0 Å². The first-order chi connectivity index (χ1) is 6.91. The predicted octanol–water partition coefficient (Wildman–Crippen LogP) is 3.56. The standard InChI is InChI=1S/C9H8BrCl3O2/c10-6-3-1-2-4-7(6)15-5-8(14)9(11,12)13/h1-4,8,14H,5H2. The van der Waals surface area contributed by atoms with Crippen molar-refractivity contribution in [1.29, 1.82) is 0 Å². The Balaban J connectivity index is 2.55. The van der Waals surface area contributed by atoms with E-state index in [2.05, 4.69) is 15.9 Å². The van der Waals surface area contributed by atoms with Crippen LogP contribution in [0.4, 0.5) is 0 Å². The number of aliphatic hydroxyl groups excluding tert-OH is 1. The molecule has 0 saturated carbocycles. The van der Waals surface area contributed by atoms with Gasteiger partial charge in [-0.2, -0.15) is 0 Å². The van der Waals surface area contributed by atoms with Crippen molar-refractivity contribution < 1.29 is 9.84 Å². The maximum absolute atomic E-state index is 9.40. The Kier molecular flexibility index (Phi) is 5.00. The first kappa shape index (κ1) is 13.4. The number of alkyl halides is 3. The topological polar surface area (TPSA) is 29.5 Å². The fourth-order valence-electron chi connectivity index (χ4n) is 0.825. The number of rotatable bonds is 3. The van der Waals surface area contributed by atoms with Crippen LogP contribution in [0.3, 0.4) is 0 Å². The first-order valence-electron chi connectivity index (χ1n) is 4.03. The van der Waals surface area contributed by atoms with E-state index in [4.69, 9.17) is 39.5 Å². The SMILES string of the molecule is OC(COc1ccccc1Br)C(Cl)(Cl)Cl. The number of ether oxygens (including phenoxy) is 1. The molecule has 1 aromatic rings. The van der Waals surface area contributed by atoms with Crippen LogP contribution < -0.4 is 4.74 Å². The summed E-state index contributed by atoms with van der Waals surface area (Å²) in [5.74, 6) is 0.589. The Labute approximate surface area is 111 Å². The van der Waals surface area contributed by atoms with Gasteiger partial charge in [-0.1, -0.05) is 46.9 Å². The molecule has 15 heavy (non-hydrogen) atoms. The second kappa shape index (κ2) is 5.60. The zero-order valence-corrected chi connectivity index (χ0v) is 11.3. The third-order valence-corrected chi connectivity index (χ3v) is 3.02. The Hall–Kier alpha value is 0.330. The average Bonchev–Trinajstić information content (AvgIpc) is 2.14. The van der Waals surface area contributed by atoms with Gasteiger partial charge in [-0.15, -0.1) is 0 Å². The van der Waals surface area contributed by atoms with Crippen LogP contribution in [0.2, 0.25) is 0 Å². The molecule has 0 aromatic heterocycles. The van der Waals surface area contributed by atoms with Crippen LogP contribution in [0.1, 0.15) is 0 Å². The zero-order chi connectivity index (χ0) is 11.5. The van der Waals surface area contributed by atoms with Crippen LogP contribution in [0.15, 0.2) is 28.7 Å². The van der Waals surface area contributed by atoms with Gasteiger partial charge >= 0.3 is 0 Å². The van der Waals surface area contributed by atoms with E-state index in [0.717, 1.165) is 4.47 Å². The Bertz CT molecular complexity index is 327. The van der Waals surface area contributed by atoms with Gasteiger partial charge in [-0.05, 0) is 28.1 Å². The summed E-state index contributed by atoms with van der Waals surface area (Å²) in [4.78, 5) is 0. The molecule has 0 radical (unpaired) electrons. The first-order valence-corrected chi connectivity index (χ1v) is 5.96. The quantitative estimate of drug-likeness (QED) is 0.857. The van der Waals surface area contributed by atoms with E-state index in [-0.39, 0.29) is 6.61 Å². The Morgan fingerprint density at radius 1 is 1.33 bits per heavy atom. The second-order valence-corrected chi connectivity index (χ2v) is 6.02. The summed E-state index contributed by atoms with van der Waals surface area (Å²) in [5, 5.41) is 9.40. The Morgan fingerprint density at radius 3 is 2.47 bits per heavy atom. The Morgan fingerprint density at radius 2 is 1.93 bits per heavy atom. The summed E-state index contributed by atoms with van der Waals surface area (Å²) in [7, 11) is 0. The molecule has 1 unspecified atom stereocenters. The number of hydrogen-bond donors (Lipinski definition) is 1. The van der Waals surface area contributed by atoms with Crippen molar-refractivity contribution in [1.82, 2.24) is 0 Å². The van der Waals surface area contributed by atoms with E-state index < -0.39 is 9.90 Å². The summed E-state index contributed by atoms with van der Waals surface area (Å²) in [6.07, 6.45) is -1.17. The highest BCUT2D eigenvalue weighted by Crippen LogP contribution is 2.31. The van der Waals surface area contributed by atoms with Gasteiger partial charge in [-0.25, -0.2) is 0 Å². The van der Waals surface area contributed by atoms with Gasteiger partial charge in [0.25, 0.3) is 0 Å². The summed E-state index contributed by atoms with van der Waals surface area (Å²) in [5.41, 5.74) is 0. The smallest absolute Gasteiger partial charge is 0.219 e. The van der Waals surface area contributed by atoms with Crippen molar-refractivity contribution in [3.8, 4) is 5.75 Å². The highest BCUT2D eigenvalue weighted by Gasteiger charge is 2.31. The van der Waals surface area contributed by atoms with Crippen molar-refractivity contribution in [3.63, 3.8) is 0 Å². The highest BCUT2D eigenvalue weighted by molar-refractivity contribution is 9.10. The molecular formula is C9H8BrCl3O2. The van der Waals surface area contributed by atoms with Crippen molar-refractivity contribution in [2.75, 3.05) is 6.61 Å². The molecule has 0 spiro atoms. The van der Waals surface area contributed by atoms with E-state index >= 15 is 0 Å².